The average Bonchev–Trinajstić information content (AvgIpc) is 3.32. The van der Waals surface area contributed by atoms with E-state index in [2.05, 4.69) is 25.9 Å². The molecule has 152 valence electrons. The minimum absolute atomic E-state index is 0.147. The number of nitrogens with zero attached hydrogens (tertiary/aromatic N) is 7. The first-order valence-corrected chi connectivity index (χ1v) is 8.51. The lowest BCUT2D eigenvalue weighted by atomic mass is 10.3. The van der Waals surface area contributed by atoms with Crippen molar-refractivity contribution in [2.24, 2.45) is 14.1 Å². The molecular formula is C16H19N9O4. The Balaban J connectivity index is 1.69. The van der Waals surface area contributed by atoms with Gasteiger partial charge >= 0.3 is 5.82 Å². The van der Waals surface area contributed by atoms with Crippen LogP contribution in [0.2, 0.25) is 0 Å². The van der Waals surface area contributed by atoms with E-state index in [0.29, 0.717) is 5.69 Å². The zero-order valence-electron chi connectivity index (χ0n) is 16.0. The van der Waals surface area contributed by atoms with Crippen LogP contribution >= 0.6 is 0 Å². The van der Waals surface area contributed by atoms with Gasteiger partial charge in [0.15, 0.2) is 6.54 Å². The number of amides is 2. The van der Waals surface area contributed by atoms with E-state index < -0.39 is 16.7 Å². The Morgan fingerprint density at radius 1 is 1.24 bits per heavy atom. The summed E-state index contributed by atoms with van der Waals surface area (Å²) in [6, 6.07) is 1.27. The molecule has 0 aromatic carbocycles. The highest BCUT2D eigenvalue weighted by Gasteiger charge is 2.22. The molecule has 0 aliphatic rings. The predicted octanol–water partition coefficient (Wildman–Crippen LogP) is 0.135. The molecule has 2 amide bonds. The topological polar surface area (TPSA) is 155 Å². The van der Waals surface area contributed by atoms with Gasteiger partial charge in [0.05, 0.1) is 29.8 Å². The SMILES string of the molecule is Cc1cc([N+](=O)[O-])n(CC(=O)Nc2cnn(C)c2C(=O)NCc2cnn(C)c2)n1. The fraction of sp³-hybridized carbons (Fsp3) is 0.312. The molecule has 29 heavy (non-hydrogen) atoms. The van der Waals surface area contributed by atoms with E-state index in [1.165, 1.54) is 16.9 Å². The summed E-state index contributed by atoms with van der Waals surface area (Å²) >= 11 is 0. The summed E-state index contributed by atoms with van der Waals surface area (Å²) < 4.78 is 3.94. The number of hydrogen-bond acceptors (Lipinski definition) is 7. The van der Waals surface area contributed by atoms with Crippen LogP contribution < -0.4 is 10.6 Å². The van der Waals surface area contributed by atoms with E-state index in [-0.39, 0.29) is 30.3 Å². The Bertz CT molecular complexity index is 1080. The monoisotopic (exact) mass is 401 g/mol. The molecule has 3 aromatic heterocycles. The first-order valence-electron chi connectivity index (χ1n) is 8.51. The lowest BCUT2D eigenvalue weighted by Gasteiger charge is -2.08. The summed E-state index contributed by atoms with van der Waals surface area (Å²) in [6.07, 6.45) is 4.73. The molecule has 0 aliphatic carbocycles. The highest BCUT2D eigenvalue weighted by Crippen LogP contribution is 2.16. The third-order valence-electron chi connectivity index (χ3n) is 4.00. The van der Waals surface area contributed by atoms with Gasteiger partial charge in [0.25, 0.3) is 11.8 Å². The van der Waals surface area contributed by atoms with Crippen LogP contribution in [0.5, 0.6) is 0 Å². The second-order valence-corrected chi connectivity index (χ2v) is 6.34. The van der Waals surface area contributed by atoms with Crippen molar-refractivity contribution in [1.29, 1.82) is 0 Å². The predicted molar refractivity (Wildman–Crippen MR) is 99.8 cm³/mol. The Kier molecular flexibility index (Phi) is 5.38. The second kappa shape index (κ2) is 7.92. The van der Waals surface area contributed by atoms with E-state index in [1.54, 1.807) is 38.1 Å². The molecule has 0 spiro atoms. The molecule has 0 bridgehead atoms. The molecule has 0 aliphatic heterocycles. The maximum atomic E-state index is 12.6. The van der Waals surface area contributed by atoms with E-state index in [4.69, 9.17) is 0 Å². The van der Waals surface area contributed by atoms with Crippen LogP contribution in [-0.4, -0.2) is 46.1 Å². The molecule has 2 N–H and O–H groups in total. The molecule has 3 heterocycles. The number of carbonyl (C=O) groups is 2. The molecule has 13 nitrogen and oxygen atoms in total. The van der Waals surface area contributed by atoms with Gasteiger partial charge in [-0.25, -0.2) is 0 Å². The quantitative estimate of drug-likeness (QED) is 0.421. The maximum Gasteiger partial charge on any atom is 0.345 e. The van der Waals surface area contributed by atoms with Gasteiger partial charge in [0.1, 0.15) is 5.69 Å². The van der Waals surface area contributed by atoms with Crippen molar-refractivity contribution in [3.8, 4) is 0 Å². The lowest BCUT2D eigenvalue weighted by Crippen LogP contribution is -2.27. The number of anilines is 1. The minimum atomic E-state index is -0.616. The highest BCUT2D eigenvalue weighted by atomic mass is 16.6. The molecule has 3 aromatic rings. The first kappa shape index (κ1) is 19.7. The molecular weight excluding hydrogens is 382 g/mol. The Morgan fingerprint density at radius 3 is 2.66 bits per heavy atom. The zero-order chi connectivity index (χ0) is 21.1. The molecule has 13 heteroatoms. The minimum Gasteiger partial charge on any atom is -0.358 e. The standard InChI is InChI=1S/C16H19N9O4/c1-10-4-14(25(28)29)24(21-10)9-13(26)20-12-7-19-23(3)15(12)16(27)17-5-11-6-18-22(2)8-11/h4,6-8H,5,9H2,1-3H3,(H,17,27)(H,20,26). The van der Waals surface area contributed by atoms with Crippen molar-refractivity contribution in [2.75, 3.05) is 5.32 Å². The maximum absolute atomic E-state index is 12.6. The van der Waals surface area contributed by atoms with Crippen LogP contribution in [0.15, 0.2) is 24.7 Å². The largest absolute Gasteiger partial charge is 0.358 e. The van der Waals surface area contributed by atoms with E-state index in [0.717, 1.165) is 10.2 Å². The van der Waals surface area contributed by atoms with Crippen LogP contribution in [-0.2, 0) is 32.0 Å². The molecule has 0 saturated carbocycles. The molecule has 0 fully saturated rings. The van der Waals surface area contributed by atoms with Gasteiger partial charge in [-0.3, -0.25) is 19.0 Å². The molecule has 0 unspecified atom stereocenters. The summed E-state index contributed by atoms with van der Waals surface area (Å²) in [5, 5.41) is 28.3. The smallest absolute Gasteiger partial charge is 0.345 e. The fourth-order valence-corrected chi connectivity index (χ4v) is 2.75. The van der Waals surface area contributed by atoms with E-state index >= 15 is 0 Å². The van der Waals surface area contributed by atoms with Crippen molar-refractivity contribution >= 4 is 23.3 Å². The number of aryl methyl sites for hydroxylation is 3. The van der Waals surface area contributed by atoms with E-state index in [1.807, 2.05) is 0 Å². The van der Waals surface area contributed by atoms with Crippen LogP contribution in [0.3, 0.4) is 0 Å². The fourth-order valence-electron chi connectivity index (χ4n) is 2.75. The van der Waals surface area contributed by atoms with E-state index in [9.17, 15) is 19.7 Å². The van der Waals surface area contributed by atoms with Crippen LogP contribution in [0.1, 0.15) is 21.7 Å². The van der Waals surface area contributed by atoms with Gasteiger partial charge in [-0.15, -0.1) is 4.68 Å². The van der Waals surface area contributed by atoms with Gasteiger partial charge in [-0.05, 0) is 11.8 Å². The Labute approximate surface area is 164 Å². The van der Waals surface area contributed by atoms with Crippen molar-refractivity contribution in [3.05, 3.63) is 51.7 Å². The number of nitro groups is 1. The molecule has 0 atom stereocenters. The van der Waals surface area contributed by atoms with Gasteiger partial charge in [0, 0.05) is 32.4 Å². The third-order valence-corrected chi connectivity index (χ3v) is 4.00. The summed E-state index contributed by atoms with van der Waals surface area (Å²) in [4.78, 5) is 35.4. The van der Waals surface area contributed by atoms with Gasteiger partial charge in [-0.1, -0.05) is 5.10 Å². The molecule has 0 saturated heterocycles. The van der Waals surface area contributed by atoms with Crippen LogP contribution in [0.4, 0.5) is 11.5 Å². The van der Waals surface area contributed by atoms with Crippen molar-refractivity contribution < 1.29 is 14.5 Å². The van der Waals surface area contributed by atoms with Gasteiger partial charge < -0.3 is 20.7 Å². The number of aromatic nitrogens is 6. The number of hydrogen-bond donors (Lipinski definition) is 2. The number of carbonyl (C=O) groups excluding carboxylic acids is 2. The van der Waals surface area contributed by atoms with Crippen molar-refractivity contribution in [1.82, 2.24) is 34.7 Å². The highest BCUT2D eigenvalue weighted by molar-refractivity contribution is 6.02. The average molecular weight is 401 g/mol. The number of nitrogens with one attached hydrogen (secondary N) is 2. The van der Waals surface area contributed by atoms with Gasteiger partial charge in [0.2, 0.25) is 0 Å². The zero-order valence-corrected chi connectivity index (χ0v) is 16.0. The third kappa shape index (κ3) is 4.45. The van der Waals surface area contributed by atoms with Gasteiger partial charge in [-0.2, -0.15) is 10.2 Å². The second-order valence-electron chi connectivity index (χ2n) is 6.34. The summed E-state index contributed by atoms with van der Waals surface area (Å²) in [6.45, 7) is 1.47. The Morgan fingerprint density at radius 2 is 2.00 bits per heavy atom. The molecule has 3 rings (SSSR count). The summed E-state index contributed by atoms with van der Waals surface area (Å²) in [5.74, 6) is -1.31. The summed E-state index contributed by atoms with van der Waals surface area (Å²) in [7, 11) is 3.34. The number of rotatable bonds is 7. The molecule has 0 radical (unpaired) electrons. The summed E-state index contributed by atoms with van der Waals surface area (Å²) in [5.41, 5.74) is 1.57. The first-order chi connectivity index (χ1) is 13.7. The lowest BCUT2D eigenvalue weighted by molar-refractivity contribution is -0.392. The van der Waals surface area contributed by atoms with Crippen LogP contribution in [0.25, 0.3) is 0 Å². The Hall–Kier alpha value is -4.03. The normalized spacial score (nSPS) is 10.7. The van der Waals surface area contributed by atoms with Crippen molar-refractivity contribution in [2.45, 2.75) is 20.0 Å². The van der Waals surface area contributed by atoms with Crippen molar-refractivity contribution in [3.63, 3.8) is 0 Å². The van der Waals surface area contributed by atoms with Crippen LogP contribution in [0, 0.1) is 17.0 Å².